The molecule has 0 aliphatic carbocycles. The van der Waals surface area contributed by atoms with E-state index in [1.165, 1.54) is 31.2 Å². The van der Waals surface area contributed by atoms with Crippen molar-refractivity contribution in [1.29, 1.82) is 0 Å². The van der Waals surface area contributed by atoms with E-state index < -0.39 is 145 Å². The van der Waals surface area contributed by atoms with Crippen LogP contribution in [0.3, 0.4) is 0 Å². The van der Waals surface area contributed by atoms with Gasteiger partial charge in [0.2, 0.25) is 41.4 Å². The Bertz CT molecular complexity index is 3280. The van der Waals surface area contributed by atoms with Gasteiger partial charge >= 0.3 is 23.9 Å². The number of rotatable bonds is 25. The predicted molar refractivity (Wildman–Crippen MR) is 357 cm³/mol. The van der Waals surface area contributed by atoms with Gasteiger partial charge in [-0.25, -0.2) is 15.2 Å². The standard InChI is InChI=1S/C63H88N14O18S2/c1-37(78)54-62(93)70-50(61(92)72-55(38(2)79)63(94)95)36-97-96-35-49(69-59(90)48(29-39-10-4-3-5-11-39)73-77-26-24-75(33-52(83)84)22-20-74(32-51(81)82)21-23-76(25-27-77)34-53(85)86)60(91)67-46(28-40-15-17-42(80)18-16-40)57(88)68-47(30-41-31-65-44-13-7-6-12-43(41)44)58(89)66-45(56(87)71-54)14-8-9-19-64/h3-7,10-13,15-18,31,37-38,45-50,54-55,65,73,78-80H,8-9,14,19-30,32-36,64H2,1-2H3,(H,66,89)(H,67,91)(H,68,88)(H,69,90)(H,70,93)(H,71,87)(H,72,92)(H,81,82)(H,83,84)(H,85,86)(H,94,95)/t37-,38-,45+,46?,47-,48-,49+,50?,54?,55+/m1/s1. The van der Waals surface area contributed by atoms with Crippen LogP contribution in [0.15, 0.2) is 85.1 Å². The molecule has 32 nitrogen and oxygen atoms in total. The number of para-hydroxylation sites is 1. The molecule has 2 aliphatic rings. The van der Waals surface area contributed by atoms with Gasteiger partial charge in [0.05, 0.1) is 31.8 Å². The van der Waals surface area contributed by atoms with Crippen molar-refractivity contribution in [3.05, 3.63) is 102 Å². The first-order valence-corrected chi connectivity index (χ1v) is 34.1. The summed E-state index contributed by atoms with van der Waals surface area (Å²) in [6, 6.07) is 8.63. The lowest BCUT2D eigenvalue weighted by molar-refractivity contribution is -0.145. The average Bonchev–Trinajstić information content (AvgIpc) is 1.76. The maximum Gasteiger partial charge on any atom is 0.328 e. The lowest BCUT2D eigenvalue weighted by atomic mass is 10.0. The van der Waals surface area contributed by atoms with E-state index in [0.29, 0.717) is 34.0 Å². The number of fused-ring (bicyclic) bond motifs is 1. The van der Waals surface area contributed by atoms with Gasteiger partial charge in [0.15, 0.2) is 6.04 Å². The molecule has 2 saturated heterocycles. The second kappa shape index (κ2) is 39.1. The molecule has 2 aliphatic heterocycles. The molecule has 0 saturated carbocycles. The third kappa shape index (κ3) is 25.8. The maximum atomic E-state index is 15.4. The number of carboxylic acid groups (broad SMARTS) is 4. The second-order valence-electron chi connectivity index (χ2n) is 23.8. The first-order chi connectivity index (χ1) is 46.3. The highest BCUT2D eigenvalue weighted by molar-refractivity contribution is 8.76. The highest BCUT2D eigenvalue weighted by atomic mass is 33.1. The number of H-pyrrole nitrogens is 1. The fourth-order valence-electron chi connectivity index (χ4n) is 10.8. The number of hydrogen-bond donors (Lipinski definition) is 17. The predicted octanol–water partition coefficient (Wildman–Crippen LogP) is -2.99. The third-order valence-corrected chi connectivity index (χ3v) is 18.5. The molecule has 3 heterocycles. The summed E-state index contributed by atoms with van der Waals surface area (Å²) in [5.74, 6) is -12.9. The van der Waals surface area contributed by atoms with Gasteiger partial charge in [-0.1, -0.05) is 82.3 Å². The minimum atomic E-state index is -1.90. The van der Waals surface area contributed by atoms with Crippen molar-refractivity contribution in [1.82, 2.24) is 67.3 Å². The maximum absolute atomic E-state index is 15.4. The molecule has 0 spiro atoms. The zero-order valence-electron chi connectivity index (χ0n) is 53.8. The van der Waals surface area contributed by atoms with E-state index in [2.05, 4.69) is 47.6 Å². The molecule has 3 unspecified atom stereocenters. The van der Waals surface area contributed by atoms with Crippen LogP contribution in [0.5, 0.6) is 5.75 Å². The highest BCUT2D eigenvalue weighted by Gasteiger charge is 2.38. The summed E-state index contributed by atoms with van der Waals surface area (Å²) < 4.78 is 0. The molecular formula is C63H88N14O18S2. The number of carboxylic acids is 4. The Morgan fingerprint density at radius 1 is 0.608 bits per heavy atom. The van der Waals surface area contributed by atoms with Gasteiger partial charge in [-0.05, 0) is 81.0 Å². The summed E-state index contributed by atoms with van der Waals surface area (Å²) in [5, 5.41) is 91.8. The summed E-state index contributed by atoms with van der Waals surface area (Å²) in [7, 11) is 1.72. The zero-order valence-corrected chi connectivity index (χ0v) is 55.4. The topological polar surface area (TPSA) is 480 Å². The number of hydrazine groups is 1. The quantitative estimate of drug-likeness (QED) is 0.0232. The number of nitrogens with zero attached hydrogens (tertiary/aromatic N) is 4. The number of benzene rings is 3. The average molecular weight is 1390 g/mol. The van der Waals surface area contributed by atoms with Crippen molar-refractivity contribution in [2.75, 3.05) is 90.0 Å². The molecule has 6 rings (SSSR count). The van der Waals surface area contributed by atoms with E-state index in [-0.39, 0.29) is 109 Å². The molecule has 3 aromatic carbocycles. The van der Waals surface area contributed by atoms with Crippen LogP contribution in [0, 0.1) is 0 Å². The number of aliphatic hydroxyl groups is 2. The van der Waals surface area contributed by atoms with Crippen LogP contribution in [0.4, 0.5) is 0 Å². The van der Waals surface area contributed by atoms with Crippen LogP contribution < -0.4 is 48.4 Å². The number of hydrogen-bond acceptors (Lipinski definition) is 22. The van der Waals surface area contributed by atoms with Gasteiger partial charge in [-0.3, -0.25) is 62.6 Å². The summed E-state index contributed by atoms with van der Waals surface area (Å²) in [6.07, 6.45) is -1.70. The van der Waals surface area contributed by atoms with Crippen LogP contribution in [-0.4, -0.2) is 276 Å². The molecule has 34 heteroatoms. The number of aliphatic carboxylic acids is 4. The Hall–Kier alpha value is -8.45. The third-order valence-electron chi connectivity index (χ3n) is 16.1. The Labute approximate surface area is 567 Å². The van der Waals surface area contributed by atoms with Crippen LogP contribution in [0.2, 0.25) is 0 Å². The number of aromatic hydroxyl groups is 1. The van der Waals surface area contributed by atoms with Crippen molar-refractivity contribution in [2.45, 2.75) is 113 Å². The smallest absolute Gasteiger partial charge is 0.328 e. The number of amides is 7. The molecule has 18 N–H and O–H groups in total. The first kappa shape index (κ1) is 77.6. The number of aromatic amines is 1. The largest absolute Gasteiger partial charge is 0.508 e. The number of nitrogens with one attached hydrogen (secondary N) is 9. The number of carbonyl (C=O) groups excluding carboxylic acids is 7. The normalized spacial score (nSPS) is 22.3. The first-order valence-electron chi connectivity index (χ1n) is 31.6. The zero-order chi connectivity index (χ0) is 70.7. The van der Waals surface area contributed by atoms with Gasteiger partial charge in [0, 0.05) is 93.8 Å². The Morgan fingerprint density at radius 3 is 1.71 bits per heavy atom. The van der Waals surface area contributed by atoms with Gasteiger partial charge < -0.3 is 83.7 Å². The van der Waals surface area contributed by atoms with Crippen molar-refractivity contribution in [3.8, 4) is 5.75 Å². The van der Waals surface area contributed by atoms with Gasteiger partial charge in [-0.15, -0.1) is 0 Å². The molecule has 7 amide bonds. The van der Waals surface area contributed by atoms with Gasteiger partial charge in [0.25, 0.3) is 0 Å². The Balaban J connectivity index is 1.45. The molecule has 10 atom stereocenters. The molecule has 1 aromatic heterocycles. The lowest BCUT2D eigenvalue weighted by Crippen LogP contribution is -2.63. The van der Waals surface area contributed by atoms with E-state index in [0.717, 1.165) is 28.5 Å². The number of carbonyl (C=O) groups is 11. The monoisotopic (exact) mass is 1390 g/mol. The summed E-state index contributed by atoms with van der Waals surface area (Å²) in [4.78, 5) is 160. The molecule has 97 heavy (non-hydrogen) atoms. The molecule has 4 aromatic rings. The Morgan fingerprint density at radius 2 is 1.14 bits per heavy atom. The lowest BCUT2D eigenvalue weighted by Gasteiger charge is -2.35. The van der Waals surface area contributed by atoms with Crippen molar-refractivity contribution < 1.29 is 88.5 Å². The number of aliphatic hydroxyl groups excluding tert-OH is 2. The molecule has 0 radical (unpaired) electrons. The molecule has 0 bridgehead atoms. The van der Waals surface area contributed by atoms with Crippen LogP contribution in [0.25, 0.3) is 10.9 Å². The minimum absolute atomic E-state index is 0.0183. The summed E-state index contributed by atoms with van der Waals surface area (Å²) in [5.41, 5.74) is 11.4. The number of phenols is 1. The SMILES string of the molecule is C[C@@H](O)C1NC(=O)[C@H](CCCCN)NC(=O)[C@@H](Cc2c[nH]c3ccccc23)NC(=O)C(Cc2ccc(O)cc2)NC(=O)[C@@H](NC(=O)[C@@H](Cc2ccccc2)NN2CCN(CC(=O)O)CCN(CC(=O)O)CCN(CC(=O)O)CC2)CSSCC(C(=O)N[C@H](C(=O)O)[C@@H](C)O)NC1=O. The fraction of sp³-hybridized carbons (Fsp3) is 0.508. The summed E-state index contributed by atoms with van der Waals surface area (Å²) >= 11 is 0. The van der Waals surface area contributed by atoms with E-state index in [9.17, 15) is 74.1 Å². The number of phenolic OH excluding ortho intramolecular Hbond substituents is 1. The summed E-state index contributed by atoms with van der Waals surface area (Å²) in [6.45, 7) is 1.73. The van der Waals surface area contributed by atoms with Gasteiger partial charge in [0.1, 0.15) is 48.0 Å². The number of aromatic nitrogens is 1. The highest BCUT2D eigenvalue weighted by Crippen LogP contribution is 2.25. The van der Waals surface area contributed by atoms with Crippen LogP contribution >= 0.6 is 21.6 Å². The van der Waals surface area contributed by atoms with Crippen molar-refractivity contribution in [2.24, 2.45) is 5.73 Å². The Kier molecular flexibility index (Phi) is 31.2. The van der Waals surface area contributed by atoms with Crippen molar-refractivity contribution in [3.63, 3.8) is 0 Å². The van der Waals surface area contributed by atoms with E-state index in [4.69, 9.17) is 5.73 Å². The minimum Gasteiger partial charge on any atom is -0.508 e. The molecule has 2 fully saturated rings. The molecule has 530 valence electrons. The van der Waals surface area contributed by atoms with Crippen LogP contribution in [0.1, 0.15) is 49.8 Å². The number of unbranched alkanes of at least 4 members (excludes halogenated alkanes) is 1. The van der Waals surface area contributed by atoms with Crippen LogP contribution in [-0.2, 0) is 72.0 Å². The van der Waals surface area contributed by atoms with E-state index in [1.807, 2.05) is 0 Å². The van der Waals surface area contributed by atoms with Crippen molar-refractivity contribution >= 4 is 97.7 Å². The van der Waals surface area contributed by atoms with E-state index in [1.54, 1.807) is 80.5 Å². The fourth-order valence-corrected chi connectivity index (χ4v) is 13.1. The van der Waals surface area contributed by atoms with E-state index >= 15 is 14.4 Å². The number of nitrogens with two attached hydrogens (primary N) is 1. The van der Waals surface area contributed by atoms with Gasteiger partial charge in [-0.2, -0.15) is 0 Å². The second-order valence-corrected chi connectivity index (χ2v) is 26.3. The molecular weight excluding hydrogens is 1300 g/mol.